The Bertz CT molecular complexity index is 162. The predicted molar refractivity (Wildman–Crippen MR) is 60.5 cm³/mol. The van der Waals surface area contributed by atoms with Gasteiger partial charge >= 0.3 is 0 Å². The van der Waals surface area contributed by atoms with Gasteiger partial charge in [0.15, 0.2) is 0 Å². The average Bonchev–Trinajstić information content (AvgIpc) is 2.79. The SMILES string of the molecule is CCOCCOCC(O)CNC1CCOC1. The highest BCUT2D eigenvalue weighted by molar-refractivity contribution is 4.72. The maximum atomic E-state index is 9.60. The fourth-order valence-electron chi connectivity index (χ4n) is 1.54. The smallest absolute Gasteiger partial charge is 0.0897 e. The molecule has 0 bridgehead atoms. The van der Waals surface area contributed by atoms with Crippen LogP contribution in [0.25, 0.3) is 0 Å². The Hall–Kier alpha value is -0.200. The summed E-state index contributed by atoms with van der Waals surface area (Å²) in [4.78, 5) is 0. The van der Waals surface area contributed by atoms with Gasteiger partial charge in [0.05, 0.1) is 32.5 Å². The molecule has 2 N–H and O–H groups in total. The van der Waals surface area contributed by atoms with Crippen LogP contribution in [0, 0.1) is 0 Å². The molecule has 0 amide bonds. The van der Waals surface area contributed by atoms with Crippen molar-refractivity contribution >= 4 is 0 Å². The zero-order valence-corrected chi connectivity index (χ0v) is 9.98. The van der Waals surface area contributed by atoms with Gasteiger partial charge in [0.1, 0.15) is 0 Å². The molecule has 1 saturated heterocycles. The van der Waals surface area contributed by atoms with E-state index in [1.165, 1.54) is 0 Å². The van der Waals surface area contributed by atoms with Crippen molar-refractivity contribution in [3.05, 3.63) is 0 Å². The van der Waals surface area contributed by atoms with E-state index in [4.69, 9.17) is 14.2 Å². The van der Waals surface area contributed by atoms with Gasteiger partial charge in [0.25, 0.3) is 0 Å². The minimum Gasteiger partial charge on any atom is -0.389 e. The van der Waals surface area contributed by atoms with Crippen LogP contribution in [0.4, 0.5) is 0 Å². The molecule has 2 unspecified atom stereocenters. The van der Waals surface area contributed by atoms with Crippen LogP contribution in [0.5, 0.6) is 0 Å². The quantitative estimate of drug-likeness (QED) is 0.539. The van der Waals surface area contributed by atoms with Crippen LogP contribution in [0.15, 0.2) is 0 Å². The average molecular weight is 233 g/mol. The summed E-state index contributed by atoms with van der Waals surface area (Å²) in [5.41, 5.74) is 0. The Morgan fingerprint density at radius 1 is 1.44 bits per heavy atom. The van der Waals surface area contributed by atoms with Crippen molar-refractivity contribution in [3.63, 3.8) is 0 Å². The van der Waals surface area contributed by atoms with Crippen LogP contribution in [0.2, 0.25) is 0 Å². The number of hydrogen-bond donors (Lipinski definition) is 2. The molecule has 5 heteroatoms. The lowest BCUT2D eigenvalue weighted by Gasteiger charge is -2.15. The summed E-state index contributed by atoms with van der Waals surface area (Å²) in [7, 11) is 0. The minimum atomic E-state index is -0.456. The van der Waals surface area contributed by atoms with Gasteiger partial charge in [-0.05, 0) is 13.3 Å². The first-order chi connectivity index (χ1) is 7.83. The molecule has 1 heterocycles. The lowest BCUT2D eigenvalue weighted by atomic mass is 10.2. The van der Waals surface area contributed by atoms with Crippen LogP contribution >= 0.6 is 0 Å². The zero-order chi connectivity index (χ0) is 11.6. The van der Waals surface area contributed by atoms with Crippen molar-refractivity contribution in [3.8, 4) is 0 Å². The number of aliphatic hydroxyl groups excluding tert-OH is 1. The molecule has 2 atom stereocenters. The topological polar surface area (TPSA) is 60.0 Å². The summed E-state index contributed by atoms with van der Waals surface area (Å²) in [5, 5.41) is 12.8. The molecule has 0 aromatic heterocycles. The van der Waals surface area contributed by atoms with Crippen LogP contribution in [-0.2, 0) is 14.2 Å². The van der Waals surface area contributed by atoms with Gasteiger partial charge in [-0.25, -0.2) is 0 Å². The molecule has 0 spiro atoms. The third-order valence-electron chi connectivity index (χ3n) is 2.46. The molecule has 0 aromatic rings. The van der Waals surface area contributed by atoms with E-state index in [0.29, 0.717) is 39.0 Å². The Labute approximate surface area is 97.1 Å². The molecule has 1 rings (SSSR count). The molecule has 1 aliphatic rings. The Morgan fingerprint density at radius 3 is 2.94 bits per heavy atom. The highest BCUT2D eigenvalue weighted by Crippen LogP contribution is 2.02. The first-order valence-electron chi connectivity index (χ1n) is 5.97. The van der Waals surface area contributed by atoms with Crippen molar-refractivity contribution in [2.24, 2.45) is 0 Å². The van der Waals surface area contributed by atoms with Crippen molar-refractivity contribution in [2.45, 2.75) is 25.5 Å². The van der Waals surface area contributed by atoms with Gasteiger partial charge in [-0.1, -0.05) is 0 Å². The molecule has 16 heavy (non-hydrogen) atoms. The molecule has 5 nitrogen and oxygen atoms in total. The van der Waals surface area contributed by atoms with Crippen molar-refractivity contribution < 1.29 is 19.3 Å². The molecule has 96 valence electrons. The summed E-state index contributed by atoms with van der Waals surface area (Å²) >= 11 is 0. The van der Waals surface area contributed by atoms with Crippen LogP contribution in [0.3, 0.4) is 0 Å². The van der Waals surface area contributed by atoms with E-state index in [0.717, 1.165) is 19.6 Å². The monoisotopic (exact) mass is 233 g/mol. The number of hydrogen-bond acceptors (Lipinski definition) is 5. The minimum absolute atomic E-state index is 0.355. The third kappa shape index (κ3) is 6.40. The van der Waals surface area contributed by atoms with Crippen molar-refractivity contribution in [1.82, 2.24) is 5.32 Å². The van der Waals surface area contributed by atoms with Crippen LogP contribution < -0.4 is 5.32 Å². The highest BCUT2D eigenvalue weighted by Gasteiger charge is 2.15. The number of rotatable bonds is 9. The third-order valence-corrected chi connectivity index (χ3v) is 2.46. The van der Waals surface area contributed by atoms with Gasteiger partial charge in [-0.15, -0.1) is 0 Å². The lowest BCUT2D eigenvalue weighted by Crippen LogP contribution is -2.37. The van der Waals surface area contributed by atoms with Gasteiger partial charge in [0, 0.05) is 25.8 Å². The van der Waals surface area contributed by atoms with E-state index in [9.17, 15) is 5.11 Å². The Balaban J connectivity index is 1.87. The van der Waals surface area contributed by atoms with E-state index in [-0.39, 0.29) is 0 Å². The standard InChI is InChI=1S/C11H23NO4/c1-2-14-5-6-16-9-11(13)7-12-10-3-4-15-8-10/h10-13H,2-9H2,1H3. The maximum absolute atomic E-state index is 9.60. The molecule has 0 saturated carbocycles. The molecule has 0 aromatic carbocycles. The van der Waals surface area contributed by atoms with Gasteiger partial charge in [0.2, 0.25) is 0 Å². The summed E-state index contributed by atoms with van der Waals surface area (Å²) in [6.07, 6.45) is 0.569. The Kier molecular flexibility index (Phi) is 7.71. The van der Waals surface area contributed by atoms with E-state index in [1.807, 2.05) is 6.92 Å². The lowest BCUT2D eigenvalue weighted by molar-refractivity contribution is 0.00565. The molecular formula is C11H23NO4. The summed E-state index contributed by atoms with van der Waals surface area (Å²) in [6, 6.07) is 0.387. The molecule has 1 fully saturated rings. The first kappa shape index (κ1) is 13.9. The van der Waals surface area contributed by atoms with E-state index < -0.39 is 6.10 Å². The molecular weight excluding hydrogens is 210 g/mol. The fraction of sp³-hybridized carbons (Fsp3) is 1.00. The molecule has 0 aliphatic carbocycles. The van der Waals surface area contributed by atoms with E-state index in [2.05, 4.69) is 5.32 Å². The first-order valence-corrected chi connectivity index (χ1v) is 5.97. The highest BCUT2D eigenvalue weighted by atomic mass is 16.5. The number of nitrogens with one attached hydrogen (secondary N) is 1. The van der Waals surface area contributed by atoms with Gasteiger partial charge < -0.3 is 24.6 Å². The normalized spacial score (nSPS) is 22.5. The van der Waals surface area contributed by atoms with Crippen LogP contribution in [-0.4, -0.2) is 63.4 Å². The predicted octanol–water partition coefficient (Wildman–Crippen LogP) is -0.221. The summed E-state index contributed by atoms with van der Waals surface area (Å²) in [5.74, 6) is 0. The second-order valence-electron chi connectivity index (χ2n) is 3.89. The number of aliphatic hydroxyl groups is 1. The Morgan fingerprint density at radius 2 is 2.25 bits per heavy atom. The van der Waals surface area contributed by atoms with Gasteiger partial charge in [-0.2, -0.15) is 0 Å². The van der Waals surface area contributed by atoms with Crippen LogP contribution in [0.1, 0.15) is 13.3 Å². The molecule has 0 radical (unpaired) electrons. The number of ether oxygens (including phenoxy) is 3. The fourth-order valence-corrected chi connectivity index (χ4v) is 1.54. The van der Waals surface area contributed by atoms with E-state index >= 15 is 0 Å². The van der Waals surface area contributed by atoms with Gasteiger partial charge in [-0.3, -0.25) is 0 Å². The maximum Gasteiger partial charge on any atom is 0.0897 e. The van der Waals surface area contributed by atoms with Crippen molar-refractivity contribution in [2.75, 3.05) is 46.2 Å². The second-order valence-corrected chi connectivity index (χ2v) is 3.89. The molecule has 1 aliphatic heterocycles. The largest absolute Gasteiger partial charge is 0.389 e. The summed E-state index contributed by atoms with van der Waals surface area (Å²) in [6.45, 7) is 6.26. The second kappa shape index (κ2) is 8.90. The van der Waals surface area contributed by atoms with E-state index in [1.54, 1.807) is 0 Å². The summed E-state index contributed by atoms with van der Waals surface area (Å²) < 4.78 is 15.6. The zero-order valence-electron chi connectivity index (χ0n) is 9.98. The van der Waals surface area contributed by atoms with Crippen molar-refractivity contribution in [1.29, 1.82) is 0 Å².